The van der Waals surface area contributed by atoms with E-state index in [0.717, 1.165) is 32.0 Å². The molecule has 0 radical (unpaired) electrons. The number of rotatable bonds is 1. The van der Waals surface area contributed by atoms with Crippen molar-refractivity contribution in [1.82, 2.24) is 10.3 Å². The van der Waals surface area contributed by atoms with Crippen LogP contribution in [0.5, 0.6) is 0 Å². The average molecular weight is 271 g/mol. The lowest BCUT2D eigenvalue weighted by Crippen LogP contribution is -2.30. The summed E-state index contributed by atoms with van der Waals surface area (Å²) in [4.78, 5) is 5.75. The molecule has 1 atom stereocenters. The van der Waals surface area contributed by atoms with E-state index >= 15 is 0 Å². The van der Waals surface area contributed by atoms with Crippen LogP contribution in [-0.4, -0.2) is 31.2 Å². The Labute approximate surface area is 109 Å². The van der Waals surface area contributed by atoms with Crippen LogP contribution < -0.4 is 10.2 Å². The predicted octanol–water partition coefficient (Wildman–Crippen LogP) is 2.29. The number of alkyl halides is 3. The quantitative estimate of drug-likeness (QED) is 0.849. The van der Waals surface area contributed by atoms with Crippen LogP contribution in [0, 0.1) is 5.41 Å². The first kappa shape index (κ1) is 12.7. The fourth-order valence-electron chi connectivity index (χ4n) is 3.13. The second-order valence-electron chi connectivity index (χ2n) is 5.47. The Morgan fingerprint density at radius 1 is 1.32 bits per heavy atom. The number of nitrogens with one attached hydrogen (secondary N) is 1. The maximum absolute atomic E-state index is 13.0. The maximum Gasteiger partial charge on any atom is 0.419 e. The van der Waals surface area contributed by atoms with Crippen molar-refractivity contribution in [2.75, 3.05) is 31.1 Å². The Morgan fingerprint density at radius 3 is 2.84 bits per heavy atom. The summed E-state index contributed by atoms with van der Waals surface area (Å²) in [5.74, 6) is 0.0822. The van der Waals surface area contributed by atoms with Gasteiger partial charge in [-0.05, 0) is 31.5 Å². The van der Waals surface area contributed by atoms with Gasteiger partial charge in [0, 0.05) is 31.2 Å². The van der Waals surface area contributed by atoms with Crippen molar-refractivity contribution in [3.63, 3.8) is 0 Å². The zero-order valence-corrected chi connectivity index (χ0v) is 10.5. The van der Waals surface area contributed by atoms with Gasteiger partial charge in [0.25, 0.3) is 0 Å². The highest BCUT2D eigenvalue weighted by Crippen LogP contribution is 2.41. The standard InChI is InChI=1S/C13H16F3N3/c14-13(15,16)10-2-1-5-18-11(10)19-7-4-12(9-19)3-6-17-8-12/h1-2,5,17H,3-4,6-9H2. The molecule has 0 amide bonds. The second-order valence-corrected chi connectivity index (χ2v) is 5.47. The van der Waals surface area contributed by atoms with Crippen LogP contribution in [0.1, 0.15) is 18.4 Å². The van der Waals surface area contributed by atoms with Gasteiger partial charge in [0.1, 0.15) is 5.82 Å². The van der Waals surface area contributed by atoms with E-state index in [0.29, 0.717) is 13.1 Å². The summed E-state index contributed by atoms with van der Waals surface area (Å²) in [6.45, 7) is 3.18. The lowest BCUT2D eigenvalue weighted by Gasteiger charge is -2.25. The third kappa shape index (κ3) is 2.29. The van der Waals surface area contributed by atoms with Gasteiger partial charge in [-0.2, -0.15) is 13.2 Å². The summed E-state index contributed by atoms with van der Waals surface area (Å²) in [6, 6.07) is 2.45. The van der Waals surface area contributed by atoms with Crippen LogP contribution in [0.25, 0.3) is 0 Å². The Hall–Kier alpha value is -1.30. The Balaban J connectivity index is 1.88. The SMILES string of the molecule is FC(F)(F)c1cccnc1N1CCC2(CCNC2)C1. The number of pyridine rings is 1. The summed E-state index contributed by atoms with van der Waals surface area (Å²) in [5.41, 5.74) is -0.488. The molecule has 104 valence electrons. The minimum atomic E-state index is -4.34. The number of anilines is 1. The molecule has 0 saturated carbocycles. The lowest BCUT2D eigenvalue weighted by molar-refractivity contribution is -0.137. The monoisotopic (exact) mass is 271 g/mol. The molecule has 0 bridgehead atoms. The van der Waals surface area contributed by atoms with Crippen molar-refractivity contribution in [3.05, 3.63) is 23.9 Å². The van der Waals surface area contributed by atoms with E-state index in [1.54, 1.807) is 4.90 Å². The number of aromatic nitrogens is 1. The molecule has 2 saturated heterocycles. The zero-order valence-electron chi connectivity index (χ0n) is 10.5. The normalized spacial score (nSPS) is 27.4. The van der Waals surface area contributed by atoms with Gasteiger partial charge in [0.05, 0.1) is 5.56 Å². The molecular formula is C13H16F3N3. The van der Waals surface area contributed by atoms with E-state index in [-0.39, 0.29) is 11.2 Å². The predicted molar refractivity (Wildman–Crippen MR) is 66.0 cm³/mol. The van der Waals surface area contributed by atoms with Crippen LogP contribution in [0.3, 0.4) is 0 Å². The second kappa shape index (κ2) is 4.37. The first-order valence-corrected chi connectivity index (χ1v) is 6.48. The highest BCUT2D eigenvalue weighted by Gasteiger charge is 2.43. The molecule has 1 aromatic heterocycles. The van der Waals surface area contributed by atoms with Crippen LogP contribution in [0.2, 0.25) is 0 Å². The molecule has 1 aromatic rings. The van der Waals surface area contributed by atoms with E-state index in [9.17, 15) is 13.2 Å². The molecule has 0 aromatic carbocycles. The topological polar surface area (TPSA) is 28.2 Å². The van der Waals surface area contributed by atoms with E-state index < -0.39 is 11.7 Å². The molecule has 2 aliphatic rings. The fourth-order valence-corrected chi connectivity index (χ4v) is 3.13. The molecule has 19 heavy (non-hydrogen) atoms. The van der Waals surface area contributed by atoms with Crippen LogP contribution in [0.15, 0.2) is 18.3 Å². The smallest absolute Gasteiger partial charge is 0.355 e. The third-order valence-corrected chi connectivity index (χ3v) is 4.16. The molecule has 2 aliphatic heterocycles. The molecule has 2 fully saturated rings. The van der Waals surface area contributed by atoms with Crippen LogP contribution >= 0.6 is 0 Å². The number of hydrogen-bond acceptors (Lipinski definition) is 3. The summed E-state index contributed by atoms with van der Waals surface area (Å²) in [6.07, 6.45) is -0.929. The van der Waals surface area contributed by atoms with Crippen molar-refractivity contribution in [2.45, 2.75) is 19.0 Å². The third-order valence-electron chi connectivity index (χ3n) is 4.16. The minimum absolute atomic E-state index is 0.0822. The van der Waals surface area contributed by atoms with Gasteiger partial charge in [-0.1, -0.05) is 0 Å². The lowest BCUT2D eigenvalue weighted by atomic mass is 9.86. The number of hydrogen-bond donors (Lipinski definition) is 1. The highest BCUT2D eigenvalue weighted by molar-refractivity contribution is 5.49. The van der Waals surface area contributed by atoms with Crippen molar-refractivity contribution < 1.29 is 13.2 Å². The molecule has 3 nitrogen and oxygen atoms in total. The first-order chi connectivity index (χ1) is 9.00. The van der Waals surface area contributed by atoms with E-state index in [2.05, 4.69) is 10.3 Å². The van der Waals surface area contributed by atoms with Crippen molar-refractivity contribution in [3.8, 4) is 0 Å². The van der Waals surface area contributed by atoms with Crippen LogP contribution in [0.4, 0.5) is 19.0 Å². The summed E-state index contributed by atoms with van der Waals surface area (Å²) < 4.78 is 39.0. The number of halogens is 3. The van der Waals surface area contributed by atoms with Gasteiger partial charge in [-0.15, -0.1) is 0 Å². The molecule has 1 unspecified atom stereocenters. The summed E-state index contributed by atoms with van der Waals surface area (Å²) in [7, 11) is 0. The zero-order chi connectivity index (χ0) is 13.5. The van der Waals surface area contributed by atoms with Crippen molar-refractivity contribution in [2.24, 2.45) is 5.41 Å². The Morgan fingerprint density at radius 2 is 2.16 bits per heavy atom. The van der Waals surface area contributed by atoms with Crippen LogP contribution in [-0.2, 0) is 6.18 Å². The average Bonchev–Trinajstić information content (AvgIpc) is 2.99. The molecular weight excluding hydrogens is 255 g/mol. The van der Waals surface area contributed by atoms with Gasteiger partial charge < -0.3 is 10.2 Å². The molecule has 6 heteroatoms. The Bertz CT molecular complexity index is 466. The van der Waals surface area contributed by atoms with E-state index in [1.807, 2.05) is 0 Å². The summed E-state index contributed by atoms with van der Waals surface area (Å²) >= 11 is 0. The largest absolute Gasteiger partial charge is 0.419 e. The Kier molecular flexibility index (Phi) is 2.92. The molecule has 3 heterocycles. The van der Waals surface area contributed by atoms with E-state index in [1.165, 1.54) is 12.3 Å². The van der Waals surface area contributed by atoms with Gasteiger partial charge in [0.2, 0.25) is 0 Å². The van der Waals surface area contributed by atoms with Gasteiger partial charge >= 0.3 is 6.18 Å². The van der Waals surface area contributed by atoms with Gasteiger partial charge in [0.15, 0.2) is 0 Å². The molecule has 1 N–H and O–H groups in total. The van der Waals surface area contributed by atoms with Gasteiger partial charge in [-0.25, -0.2) is 4.98 Å². The molecule has 3 rings (SSSR count). The van der Waals surface area contributed by atoms with Gasteiger partial charge in [-0.3, -0.25) is 0 Å². The fraction of sp³-hybridized carbons (Fsp3) is 0.615. The summed E-state index contributed by atoms with van der Waals surface area (Å²) in [5, 5.41) is 3.30. The van der Waals surface area contributed by atoms with Crippen molar-refractivity contribution >= 4 is 5.82 Å². The number of nitrogens with zero attached hydrogens (tertiary/aromatic N) is 2. The van der Waals surface area contributed by atoms with E-state index in [4.69, 9.17) is 0 Å². The highest BCUT2D eigenvalue weighted by atomic mass is 19.4. The maximum atomic E-state index is 13.0. The molecule has 1 spiro atoms. The minimum Gasteiger partial charge on any atom is -0.355 e. The molecule has 0 aliphatic carbocycles. The van der Waals surface area contributed by atoms with Crippen molar-refractivity contribution in [1.29, 1.82) is 0 Å². The first-order valence-electron chi connectivity index (χ1n) is 6.48.